The molecular formula is C6H11ClO3. The molecule has 10 heavy (non-hydrogen) atoms. The van der Waals surface area contributed by atoms with E-state index in [9.17, 15) is 4.79 Å². The average molecular weight is 167 g/mol. The molecule has 0 aliphatic rings. The predicted octanol–water partition coefficient (Wildman–Crippen LogP) is 0.885. The number of carbonyl (C=O) groups is 1. The van der Waals surface area contributed by atoms with Crippen LogP contribution in [0.2, 0.25) is 0 Å². The zero-order chi connectivity index (χ0) is 8.36. The summed E-state index contributed by atoms with van der Waals surface area (Å²) in [5.41, 5.74) is -2.15. The number of alkyl halides is 1. The molecule has 0 spiro atoms. The zero-order valence-electron chi connectivity index (χ0n) is 6.22. The lowest BCUT2D eigenvalue weighted by molar-refractivity contribution is -0.160. The topological polar surface area (TPSA) is 46.5 Å². The van der Waals surface area contributed by atoms with Gasteiger partial charge in [0, 0.05) is 0 Å². The monoisotopic (exact) mass is 166 g/mol. The maximum atomic E-state index is 10.6. The largest absolute Gasteiger partial charge is 0.457 e. The van der Waals surface area contributed by atoms with Crippen molar-refractivity contribution in [3.05, 3.63) is 0 Å². The first-order chi connectivity index (χ1) is 4.33. The number of hydrogen-bond donors (Lipinski definition) is 1. The van der Waals surface area contributed by atoms with E-state index >= 15 is 0 Å². The Morgan fingerprint density at radius 3 is 2.10 bits per heavy atom. The van der Waals surface area contributed by atoms with Gasteiger partial charge in [0.2, 0.25) is 5.56 Å². The molecule has 0 heterocycles. The second-order valence-corrected chi connectivity index (χ2v) is 3.28. The molecule has 0 aromatic carbocycles. The molecule has 0 aliphatic carbocycles. The van der Waals surface area contributed by atoms with Gasteiger partial charge in [-0.05, 0) is 20.8 Å². The molecule has 0 aromatic heterocycles. The minimum atomic E-state index is -1.56. The summed E-state index contributed by atoms with van der Waals surface area (Å²) in [6, 6.07) is 0. The van der Waals surface area contributed by atoms with Crippen LogP contribution in [0.25, 0.3) is 0 Å². The molecule has 3 nitrogen and oxygen atoms in total. The number of aliphatic hydroxyl groups is 1. The number of hydrogen-bond acceptors (Lipinski definition) is 3. The van der Waals surface area contributed by atoms with Crippen LogP contribution in [-0.2, 0) is 9.53 Å². The second-order valence-electron chi connectivity index (χ2n) is 2.87. The van der Waals surface area contributed by atoms with Crippen LogP contribution in [0.4, 0.5) is 0 Å². The van der Waals surface area contributed by atoms with Gasteiger partial charge in [0.05, 0.1) is 0 Å². The van der Waals surface area contributed by atoms with Crippen molar-refractivity contribution in [1.29, 1.82) is 0 Å². The summed E-state index contributed by atoms with van der Waals surface area (Å²) < 4.78 is 4.68. The second kappa shape index (κ2) is 3.21. The van der Waals surface area contributed by atoms with Crippen molar-refractivity contribution < 1.29 is 14.6 Å². The first-order valence-electron chi connectivity index (χ1n) is 2.88. The van der Waals surface area contributed by atoms with Crippen molar-refractivity contribution in [1.82, 2.24) is 0 Å². The summed E-state index contributed by atoms with van der Waals surface area (Å²) in [6.45, 7) is 5.10. The quantitative estimate of drug-likeness (QED) is 0.465. The number of aliphatic hydroxyl groups excluding tert-OH is 1. The van der Waals surface area contributed by atoms with Gasteiger partial charge in [-0.15, -0.1) is 0 Å². The number of halogens is 1. The van der Waals surface area contributed by atoms with Gasteiger partial charge >= 0.3 is 5.97 Å². The van der Waals surface area contributed by atoms with Crippen LogP contribution in [0.15, 0.2) is 0 Å². The molecule has 0 saturated heterocycles. The molecule has 0 bridgehead atoms. The van der Waals surface area contributed by atoms with Gasteiger partial charge < -0.3 is 9.84 Å². The van der Waals surface area contributed by atoms with Crippen LogP contribution in [-0.4, -0.2) is 22.2 Å². The molecule has 0 fully saturated rings. The lowest BCUT2D eigenvalue weighted by atomic mass is 10.2. The molecule has 1 N–H and O–H groups in total. The molecule has 0 rings (SSSR count). The Hall–Kier alpha value is -0.280. The summed E-state index contributed by atoms with van der Waals surface area (Å²) in [4.78, 5) is 10.6. The molecule has 60 valence electrons. The van der Waals surface area contributed by atoms with Gasteiger partial charge in [-0.25, -0.2) is 4.79 Å². The Bertz CT molecular complexity index is 125. The Morgan fingerprint density at radius 1 is 1.60 bits per heavy atom. The number of carbonyl (C=O) groups excluding carboxylic acids is 1. The van der Waals surface area contributed by atoms with Gasteiger partial charge in [0.25, 0.3) is 0 Å². The van der Waals surface area contributed by atoms with Crippen molar-refractivity contribution in [2.75, 3.05) is 0 Å². The van der Waals surface area contributed by atoms with Crippen LogP contribution in [0.1, 0.15) is 20.8 Å². The van der Waals surface area contributed by atoms with E-state index in [0.717, 1.165) is 0 Å². The van der Waals surface area contributed by atoms with E-state index in [0.29, 0.717) is 0 Å². The summed E-state index contributed by atoms with van der Waals surface area (Å²) in [5.74, 6) is -0.811. The molecule has 1 unspecified atom stereocenters. The Labute approximate surface area is 64.9 Å². The molecule has 1 atom stereocenters. The average Bonchev–Trinajstić information content (AvgIpc) is 1.60. The summed E-state index contributed by atoms with van der Waals surface area (Å²) in [7, 11) is 0. The van der Waals surface area contributed by atoms with Gasteiger partial charge in [-0.3, -0.25) is 0 Å². The Morgan fingerprint density at radius 2 is 2.00 bits per heavy atom. The van der Waals surface area contributed by atoms with Crippen molar-refractivity contribution in [3.63, 3.8) is 0 Å². The van der Waals surface area contributed by atoms with Crippen LogP contribution < -0.4 is 0 Å². The van der Waals surface area contributed by atoms with Crippen molar-refractivity contribution in [2.45, 2.75) is 31.9 Å². The van der Waals surface area contributed by atoms with Gasteiger partial charge in [0.1, 0.15) is 5.60 Å². The molecular weight excluding hydrogens is 156 g/mol. The third-order valence-corrected chi connectivity index (χ3v) is 0.779. The molecule has 4 heteroatoms. The lowest BCUT2D eigenvalue weighted by Gasteiger charge is -2.19. The van der Waals surface area contributed by atoms with Crippen LogP contribution >= 0.6 is 11.6 Å². The summed E-state index contributed by atoms with van der Waals surface area (Å²) in [6.07, 6.45) is 0. The zero-order valence-corrected chi connectivity index (χ0v) is 6.97. The molecule has 0 radical (unpaired) electrons. The van der Waals surface area contributed by atoms with E-state index in [2.05, 4.69) is 4.74 Å². The number of rotatable bonds is 1. The first kappa shape index (κ1) is 9.72. The molecule has 0 saturated carbocycles. The van der Waals surface area contributed by atoms with Crippen molar-refractivity contribution in [2.24, 2.45) is 0 Å². The Kier molecular flexibility index (Phi) is 3.12. The fourth-order valence-electron chi connectivity index (χ4n) is 0.350. The Balaban J connectivity index is 3.81. The van der Waals surface area contributed by atoms with E-state index in [1.165, 1.54) is 0 Å². The molecule has 0 aliphatic heterocycles. The minimum absolute atomic E-state index is 0.590. The highest BCUT2D eigenvalue weighted by molar-refractivity contribution is 6.28. The first-order valence-corrected chi connectivity index (χ1v) is 3.31. The van der Waals surface area contributed by atoms with E-state index in [1.54, 1.807) is 20.8 Å². The molecule has 0 aromatic rings. The summed E-state index contributed by atoms with van der Waals surface area (Å²) in [5, 5.41) is 8.48. The third kappa shape index (κ3) is 4.58. The van der Waals surface area contributed by atoms with Gasteiger partial charge in [-0.1, -0.05) is 11.6 Å². The maximum absolute atomic E-state index is 10.6. The maximum Gasteiger partial charge on any atom is 0.351 e. The normalized spacial score (nSPS) is 14.5. The standard InChI is InChI=1S/C6H11ClO3/c1-6(2,3)10-5(9)4(7)8/h4,8H,1-3H3. The predicted molar refractivity (Wildman–Crippen MR) is 37.7 cm³/mol. The van der Waals surface area contributed by atoms with Crippen LogP contribution in [0, 0.1) is 0 Å². The lowest BCUT2D eigenvalue weighted by Crippen LogP contribution is -2.28. The van der Waals surface area contributed by atoms with Crippen molar-refractivity contribution >= 4 is 17.6 Å². The minimum Gasteiger partial charge on any atom is -0.457 e. The molecule has 0 amide bonds. The third-order valence-electron chi connectivity index (χ3n) is 0.601. The smallest absolute Gasteiger partial charge is 0.351 e. The van der Waals surface area contributed by atoms with Crippen LogP contribution in [0.3, 0.4) is 0 Å². The highest BCUT2D eigenvalue weighted by Gasteiger charge is 2.20. The van der Waals surface area contributed by atoms with Crippen molar-refractivity contribution in [3.8, 4) is 0 Å². The highest BCUT2D eigenvalue weighted by atomic mass is 35.5. The van der Waals surface area contributed by atoms with E-state index < -0.39 is 17.1 Å². The fourth-order valence-corrected chi connectivity index (χ4v) is 0.395. The van der Waals surface area contributed by atoms with Gasteiger partial charge in [-0.2, -0.15) is 0 Å². The van der Waals surface area contributed by atoms with Crippen LogP contribution in [0.5, 0.6) is 0 Å². The van der Waals surface area contributed by atoms with Gasteiger partial charge in [0.15, 0.2) is 0 Å². The summed E-state index contributed by atoms with van der Waals surface area (Å²) >= 11 is 5.02. The van der Waals surface area contributed by atoms with E-state index in [-0.39, 0.29) is 0 Å². The van der Waals surface area contributed by atoms with E-state index in [1.807, 2.05) is 0 Å². The number of esters is 1. The highest BCUT2D eigenvalue weighted by Crippen LogP contribution is 2.09. The van der Waals surface area contributed by atoms with E-state index in [4.69, 9.17) is 16.7 Å². The SMILES string of the molecule is CC(C)(C)OC(=O)C(O)Cl. The number of ether oxygens (including phenoxy) is 1. The fraction of sp³-hybridized carbons (Fsp3) is 0.833.